The minimum absolute atomic E-state index is 0. The zero-order valence-electron chi connectivity index (χ0n) is 19.1. The molecule has 2 aromatic rings. The van der Waals surface area contributed by atoms with Gasteiger partial charge in [0.1, 0.15) is 7.05 Å². The molecule has 0 spiro atoms. The minimum atomic E-state index is -0.168. The van der Waals surface area contributed by atoms with Crippen LogP contribution in [0.4, 0.5) is 5.69 Å². The zero-order valence-corrected chi connectivity index (χ0v) is 22.2. The number of benzene rings is 1. The smallest absolute Gasteiger partial charge is 0.560 e. The number of aliphatic imine (C=N–C) groups is 1. The van der Waals surface area contributed by atoms with E-state index in [0.717, 1.165) is 28.2 Å². The molecule has 156 valence electrons. The maximum absolute atomic E-state index is 12.7. The first kappa shape index (κ1) is 25.5. The van der Waals surface area contributed by atoms with E-state index in [4.69, 9.17) is 0 Å². The fraction of sp³-hybridized carbons (Fsp3) is 0.292. The maximum Gasteiger partial charge on any atom is 1.00 e. The van der Waals surface area contributed by atoms with Crippen molar-refractivity contribution in [3.63, 3.8) is 0 Å². The van der Waals surface area contributed by atoms with E-state index in [1.807, 2.05) is 68.6 Å². The average Bonchev–Trinajstić information content (AvgIpc) is 2.69. The first-order valence-corrected chi connectivity index (χ1v) is 10.0. The Kier molecular flexibility index (Phi) is 9.65. The molecule has 2 N–H and O–H groups in total. The molecular formula is C24H28KN5O. The van der Waals surface area contributed by atoms with Crippen molar-refractivity contribution in [3.05, 3.63) is 77.9 Å². The fourth-order valence-electron chi connectivity index (χ4n) is 3.23. The van der Waals surface area contributed by atoms with Gasteiger partial charge in [0.25, 0.3) is 5.91 Å². The van der Waals surface area contributed by atoms with Crippen LogP contribution < -0.4 is 62.0 Å². The second kappa shape index (κ2) is 11.7. The van der Waals surface area contributed by atoms with Crippen LogP contribution in [-0.2, 0) is 0 Å². The summed E-state index contributed by atoms with van der Waals surface area (Å²) < 4.78 is 1.94. The van der Waals surface area contributed by atoms with Crippen LogP contribution in [0.2, 0.25) is 0 Å². The van der Waals surface area contributed by atoms with Gasteiger partial charge in [-0.1, -0.05) is 26.0 Å². The van der Waals surface area contributed by atoms with Gasteiger partial charge in [-0.2, -0.15) is 0 Å². The standard InChI is InChI=1S/C24H28N5O.K/c1-16(2)23-17(3)11-20(13-27-23)24(30)28-21-8-6-7-19(12-21)18(4)25-9-10-26-22-14-29(5)15-22;/h6-8,10-16,18,25H,1-5H3,(H,28,30);/q-1;+1. The topological polar surface area (TPSA) is 69.4 Å². The van der Waals surface area contributed by atoms with Crippen molar-refractivity contribution in [2.45, 2.75) is 39.7 Å². The number of hydrogen-bond acceptors (Lipinski definition) is 4. The fourth-order valence-corrected chi connectivity index (χ4v) is 3.23. The van der Waals surface area contributed by atoms with E-state index in [1.165, 1.54) is 0 Å². The van der Waals surface area contributed by atoms with Crippen molar-refractivity contribution in [1.82, 2.24) is 10.3 Å². The molecule has 0 fully saturated rings. The average molecular weight is 442 g/mol. The minimum Gasteiger partial charge on any atom is -0.560 e. The molecule has 0 saturated carbocycles. The molecule has 1 amide bonds. The molecule has 31 heavy (non-hydrogen) atoms. The van der Waals surface area contributed by atoms with Gasteiger partial charge in [-0.15, -0.1) is 6.20 Å². The summed E-state index contributed by atoms with van der Waals surface area (Å²) in [5.74, 6) is 0.162. The van der Waals surface area contributed by atoms with Gasteiger partial charge in [0.15, 0.2) is 0 Å². The van der Waals surface area contributed by atoms with E-state index in [9.17, 15) is 4.79 Å². The molecule has 6 nitrogen and oxygen atoms in total. The Morgan fingerprint density at radius 2 is 2.03 bits per heavy atom. The SMILES string of the molecule is Cc1cc(C(=O)Nc2cccc(C(C)N[C-]=CN=C3C=[N+](C)[CH-]3)c2)cnc1C(C)C.[K+]. The predicted molar refractivity (Wildman–Crippen MR) is 121 cm³/mol. The number of nitrogens with zero attached hydrogens (tertiary/aromatic N) is 3. The van der Waals surface area contributed by atoms with Gasteiger partial charge in [-0.05, 0) is 49.1 Å². The van der Waals surface area contributed by atoms with Gasteiger partial charge >= 0.3 is 51.4 Å². The quantitative estimate of drug-likeness (QED) is 0.292. The second-order valence-electron chi connectivity index (χ2n) is 7.78. The molecule has 0 radical (unpaired) electrons. The molecule has 1 aliphatic rings. The molecule has 2 heterocycles. The van der Waals surface area contributed by atoms with Crippen LogP contribution in [0.3, 0.4) is 0 Å². The van der Waals surface area contributed by atoms with E-state index < -0.39 is 0 Å². The van der Waals surface area contributed by atoms with Crippen LogP contribution in [0, 0.1) is 19.7 Å². The Bertz CT molecular complexity index is 1030. The van der Waals surface area contributed by atoms with Gasteiger partial charge in [-0.25, -0.2) is 0 Å². The van der Waals surface area contributed by atoms with Crippen molar-refractivity contribution >= 4 is 23.5 Å². The van der Waals surface area contributed by atoms with Crippen LogP contribution >= 0.6 is 0 Å². The van der Waals surface area contributed by atoms with E-state index >= 15 is 0 Å². The molecular weight excluding hydrogens is 413 g/mol. The third-order valence-corrected chi connectivity index (χ3v) is 4.82. The van der Waals surface area contributed by atoms with E-state index in [1.54, 1.807) is 12.4 Å². The number of amides is 1. The molecule has 1 atom stereocenters. The molecule has 1 aromatic carbocycles. The summed E-state index contributed by atoms with van der Waals surface area (Å²) in [4.78, 5) is 21.4. The summed E-state index contributed by atoms with van der Waals surface area (Å²) in [6.07, 6.45) is 8.18. The van der Waals surface area contributed by atoms with Crippen molar-refractivity contribution in [2.24, 2.45) is 4.99 Å². The summed E-state index contributed by atoms with van der Waals surface area (Å²) in [7, 11) is 1.96. The number of pyridine rings is 1. The third kappa shape index (κ3) is 7.12. The van der Waals surface area contributed by atoms with Crippen molar-refractivity contribution in [1.29, 1.82) is 0 Å². The number of aromatic nitrogens is 1. The van der Waals surface area contributed by atoms with Gasteiger partial charge in [0, 0.05) is 23.6 Å². The Balaban J connectivity index is 0.00000341. The molecule has 3 rings (SSSR count). The molecule has 0 bridgehead atoms. The molecule has 1 unspecified atom stereocenters. The summed E-state index contributed by atoms with van der Waals surface area (Å²) in [5.41, 5.74) is 5.28. The van der Waals surface area contributed by atoms with E-state index in [0.29, 0.717) is 11.5 Å². The summed E-state index contributed by atoms with van der Waals surface area (Å²) in [6.45, 7) is 10.1. The molecule has 0 aliphatic carbocycles. The van der Waals surface area contributed by atoms with Crippen LogP contribution in [-0.4, -0.2) is 34.4 Å². The Hall–Kier alpha value is -1.77. The summed E-state index contributed by atoms with van der Waals surface area (Å²) >= 11 is 0. The van der Waals surface area contributed by atoms with Gasteiger partial charge in [0.05, 0.1) is 24.0 Å². The maximum atomic E-state index is 12.7. The van der Waals surface area contributed by atoms with Crippen molar-refractivity contribution in [3.8, 4) is 0 Å². The second-order valence-corrected chi connectivity index (χ2v) is 7.78. The van der Waals surface area contributed by atoms with E-state index in [2.05, 4.69) is 40.7 Å². The molecule has 7 heteroatoms. The molecule has 0 saturated heterocycles. The number of hydrogen-bond donors (Lipinski definition) is 2. The number of rotatable bonds is 7. The number of anilines is 1. The van der Waals surface area contributed by atoms with Crippen LogP contribution in [0.15, 0.2) is 47.7 Å². The van der Waals surface area contributed by atoms with Gasteiger partial charge < -0.3 is 26.4 Å². The normalized spacial score (nSPS) is 15.0. The Morgan fingerprint density at radius 1 is 1.29 bits per heavy atom. The van der Waals surface area contributed by atoms with Crippen molar-refractivity contribution in [2.75, 3.05) is 12.4 Å². The van der Waals surface area contributed by atoms with Crippen LogP contribution in [0.25, 0.3) is 0 Å². The van der Waals surface area contributed by atoms with Crippen molar-refractivity contribution < 1.29 is 60.8 Å². The predicted octanol–water partition coefficient (Wildman–Crippen LogP) is 1.02. The number of carbonyl (C=O) groups is 1. The van der Waals surface area contributed by atoms with E-state index in [-0.39, 0.29) is 63.3 Å². The van der Waals surface area contributed by atoms with Crippen LogP contribution in [0.5, 0.6) is 0 Å². The number of carbonyl (C=O) groups excluding carboxylic acids is 1. The monoisotopic (exact) mass is 441 g/mol. The third-order valence-electron chi connectivity index (χ3n) is 4.82. The molecule has 1 aromatic heterocycles. The zero-order chi connectivity index (χ0) is 21.7. The first-order valence-electron chi connectivity index (χ1n) is 10.0. The molecule has 1 aliphatic heterocycles. The largest absolute Gasteiger partial charge is 1.00 e. The Labute approximate surface area is 227 Å². The summed E-state index contributed by atoms with van der Waals surface area (Å²) in [6, 6.07) is 9.67. The number of nitrogens with one attached hydrogen (secondary N) is 2. The Morgan fingerprint density at radius 3 is 2.68 bits per heavy atom. The van der Waals surface area contributed by atoms with Crippen LogP contribution in [0.1, 0.15) is 59.9 Å². The number of aryl methyl sites for hydroxylation is 1. The first-order chi connectivity index (χ1) is 14.3. The van der Waals surface area contributed by atoms with Gasteiger partial charge in [-0.3, -0.25) is 9.78 Å². The van der Waals surface area contributed by atoms with Gasteiger partial charge in [0.2, 0.25) is 0 Å². The summed E-state index contributed by atoms with van der Waals surface area (Å²) in [5, 5.41) is 6.13.